The summed E-state index contributed by atoms with van der Waals surface area (Å²) in [5.74, 6) is 1.23. The van der Waals surface area contributed by atoms with Gasteiger partial charge in [-0.1, -0.05) is 26.6 Å². The first kappa shape index (κ1) is 13.1. The van der Waals surface area contributed by atoms with Crippen molar-refractivity contribution in [1.29, 1.82) is 0 Å². The van der Waals surface area contributed by atoms with Gasteiger partial charge in [0.2, 0.25) is 5.95 Å². The van der Waals surface area contributed by atoms with E-state index >= 15 is 0 Å². The molecule has 1 heterocycles. The third kappa shape index (κ3) is 4.71. The molecule has 0 spiro atoms. The largest absolute Gasteiger partial charge is 0.388 e. The molecule has 0 saturated carbocycles. The average Bonchev–Trinajstić information content (AvgIpc) is 2.15. The van der Waals surface area contributed by atoms with Crippen LogP contribution in [-0.4, -0.2) is 31.9 Å². The maximum absolute atomic E-state index is 11.5. The van der Waals surface area contributed by atoms with Crippen molar-refractivity contribution < 1.29 is 4.46 Å². The van der Waals surface area contributed by atoms with Gasteiger partial charge in [-0.2, -0.15) is 4.98 Å². The highest BCUT2D eigenvalue weighted by atomic mass is 28.3. The molecule has 0 aliphatic rings. The van der Waals surface area contributed by atoms with Crippen molar-refractivity contribution in [3.8, 4) is 0 Å². The Hall–Kier alpha value is -0.956. The van der Waals surface area contributed by atoms with Crippen molar-refractivity contribution in [2.75, 3.05) is 4.98 Å². The lowest BCUT2D eigenvalue weighted by Crippen LogP contribution is -2.33. The quantitative estimate of drug-likeness (QED) is 0.809. The molecule has 16 heavy (non-hydrogen) atoms. The molecule has 0 unspecified atom stereocenters. The number of nitrogens with zero attached hydrogens (tertiary/aromatic N) is 3. The minimum atomic E-state index is -1.56. The molecule has 0 aliphatic heterocycles. The Morgan fingerprint density at radius 1 is 1.38 bits per heavy atom. The molecule has 0 bridgehead atoms. The molecule has 1 rings (SSSR count). The number of hydrogen-bond acceptors (Lipinski definition) is 5. The van der Waals surface area contributed by atoms with E-state index in [0.29, 0.717) is 23.9 Å². The first-order valence-corrected chi connectivity index (χ1v) is 10.7. The van der Waals surface area contributed by atoms with Crippen molar-refractivity contribution in [3.63, 3.8) is 0 Å². The summed E-state index contributed by atoms with van der Waals surface area (Å²) >= 11 is 0. The van der Waals surface area contributed by atoms with Gasteiger partial charge in [0.05, 0.1) is 6.04 Å². The molecule has 0 amide bonds. The van der Waals surface area contributed by atoms with E-state index in [1.165, 1.54) is 6.33 Å². The van der Waals surface area contributed by atoms with Crippen molar-refractivity contribution in [1.82, 2.24) is 15.0 Å². The van der Waals surface area contributed by atoms with E-state index < -0.39 is 16.9 Å². The molecule has 0 aromatic carbocycles. The molecular weight excluding hydrogens is 236 g/mol. The van der Waals surface area contributed by atoms with Crippen LogP contribution in [0.4, 0.5) is 5.95 Å². The molecule has 5 nitrogen and oxygen atoms in total. The van der Waals surface area contributed by atoms with Gasteiger partial charge in [0.15, 0.2) is 0 Å². The molecule has 1 aromatic rings. The first-order chi connectivity index (χ1) is 7.40. The Morgan fingerprint density at radius 2 is 2.06 bits per heavy atom. The van der Waals surface area contributed by atoms with Crippen LogP contribution in [0, 0.1) is 0 Å². The van der Waals surface area contributed by atoms with Gasteiger partial charge in [-0.15, -0.1) is 0 Å². The zero-order valence-electron chi connectivity index (χ0n) is 10.2. The fourth-order valence-electron chi connectivity index (χ4n) is 1.11. The number of nitrogens with one attached hydrogen (secondary N) is 1. The van der Waals surface area contributed by atoms with E-state index in [4.69, 9.17) is 0 Å². The predicted octanol–water partition coefficient (Wildman–Crippen LogP) is 1.64. The fourth-order valence-corrected chi connectivity index (χ4v) is 2.68. The zero-order valence-corrected chi connectivity index (χ0v) is 12.2. The Kier molecular flexibility index (Phi) is 4.42. The molecule has 1 aromatic heterocycles. The summed E-state index contributed by atoms with van der Waals surface area (Å²) in [6, 6.07) is 1.18. The average molecular weight is 254 g/mol. The first-order valence-electron chi connectivity index (χ1n) is 5.38. The van der Waals surface area contributed by atoms with Gasteiger partial charge in [0.1, 0.15) is 20.4 Å². The van der Waals surface area contributed by atoms with Crippen molar-refractivity contribution in [2.24, 2.45) is 0 Å². The van der Waals surface area contributed by atoms with E-state index in [1.807, 2.05) is 6.92 Å². The molecular formula is C9H18N4OSi2. The van der Waals surface area contributed by atoms with Crippen LogP contribution in [0.25, 0.3) is 0 Å². The highest BCUT2D eigenvalue weighted by Gasteiger charge is 2.15. The lowest BCUT2D eigenvalue weighted by atomic mass is 10.7. The van der Waals surface area contributed by atoms with Crippen molar-refractivity contribution >= 4 is 22.9 Å². The van der Waals surface area contributed by atoms with E-state index in [2.05, 4.69) is 39.6 Å². The topological polar surface area (TPSA) is 67.8 Å². The van der Waals surface area contributed by atoms with Gasteiger partial charge in [-0.3, -0.25) is 0 Å². The number of aromatic nitrogens is 3. The van der Waals surface area contributed by atoms with Gasteiger partial charge in [-0.25, -0.2) is 9.97 Å². The molecule has 0 saturated heterocycles. The Balaban J connectivity index is 2.75. The summed E-state index contributed by atoms with van der Waals surface area (Å²) in [7, 11) is -3.00. The summed E-state index contributed by atoms with van der Waals surface area (Å²) < 4.78 is 11.5. The van der Waals surface area contributed by atoms with Crippen LogP contribution in [0.1, 0.15) is 12.7 Å². The molecule has 88 valence electrons. The minimum absolute atomic E-state index is 0.476. The highest BCUT2D eigenvalue weighted by Crippen LogP contribution is 2.06. The Bertz CT molecular complexity index is 378. The maximum Gasteiger partial charge on any atom is 0.284 e. The summed E-state index contributed by atoms with van der Waals surface area (Å²) in [5, 5.41) is 0. The zero-order chi connectivity index (χ0) is 12.2. The van der Waals surface area contributed by atoms with E-state index in [1.54, 1.807) is 0 Å². The van der Waals surface area contributed by atoms with E-state index in [-0.39, 0.29) is 0 Å². The number of anilines is 1. The second-order valence-electron chi connectivity index (χ2n) is 4.67. The summed E-state index contributed by atoms with van der Waals surface area (Å²) in [6.45, 7) is 8.44. The number of rotatable bonds is 5. The lowest BCUT2D eigenvalue weighted by molar-refractivity contribution is 0.558. The summed E-state index contributed by atoms with van der Waals surface area (Å²) in [6.07, 6.45) is 1.48. The SMILES string of the molecule is CC[Si](=O)Cc1ncnc(N[Si](C)(C)C)n1. The molecule has 0 radical (unpaired) electrons. The Labute approximate surface area is 98.5 Å². The van der Waals surface area contributed by atoms with Crippen LogP contribution >= 0.6 is 0 Å². The smallest absolute Gasteiger partial charge is 0.284 e. The Morgan fingerprint density at radius 3 is 2.62 bits per heavy atom. The van der Waals surface area contributed by atoms with Gasteiger partial charge >= 0.3 is 0 Å². The summed E-state index contributed by atoms with van der Waals surface area (Å²) in [4.78, 5) is 15.7. The second kappa shape index (κ2) is 5.40. The van der Waals surface area contributed by atoms with Gasteiger partial charge < -0.3 is 9.44 Å². The number of hydrogen-bond donors (Lipinski definition) is 1. The van der Waals surface area contributed by atoms with Crippen LogP contribution in [0.3, 0.4) is 0 Å². The van der Waals surface area contributed by atoms with Crippen LogP contribution < -0.4 is 4.98 Å². The third-order valence-electron chi connectivity index (χ3n) is 1.86. The van der Waals surface area contributed by atoms with Crippen LogP contribution in [0.5, 0.6) is 0 Å². The van der Waals surface area contributed by atoms with E-state index in [0.717, 1.165) is 0 Å². The van der Waals surface area contributed by atoms with Crippen LogP contribution in [0.15, 0.2) is 6.33 Å². The normalized spacial score (nSPS) is 11.2. The van der Waals surface area contributed by atoms with Crippen molar-refractivity contribution in [2.45, 2.75) is 38.7 Å². The summed E-state index contributed by atoms with van der Waals surface area (Å²) in [5.41, 5.74) is 0. The molecule has 0 aliphatic carbocycles. The third-order valence-corrected chi connectivity index (χ3v) is 4.33. The highest BCUT2D eigenvalue weighted by molar-refractivity contribution is 6.79. The molecule has 0 atom stereocenters. The molecule has 7 heteroatoms. The van der Waals surface area contributed by atoms with E-state index in [9.17, 15) is 4.46 Å². The molecule has 0 fully saturated rings. The van der Waals surface area contributed by atoms with Gasteiger partial charge in [0, 0.05) is 0 Å². The van der Waals surface area contributed by atoms with Crippen LogP contribution in [0.2, 0.25) is 25.7 Å². The minimum Gasteiger partial charge on any atom is -0.388 e. The van der Waals surface area contributed by atoms with Gasteiger partial charge in [-0.05, 0) is 6.04 Å². The van der Waals surface area contributed by atoms with Crippen LogP contribution in [-0.2, 0) is 10.5 Å². The standard InChI is InChI=1S/C9H18N4OSi2/c1-5-15(14)6-8-10-7-11-9(12-8)13-16(2,3)4/h7H,5-6H2,1-4H3,(H,10,11,12,13). The van der Waals surface area contributed by atoms with Crippen molar-refractivity contribution in [3.05, 3.63) is 12.2 Å². The molecule has 1 N–H and O–H groups in total. The monoisotopic (exact) mass is 254 g/mol. The second-order valence-corrected chi connectivity index (χ2v) is 11.6. The predicted molar refractivity (Wildman–Crippen MR) is 67.4 cm³/mol. The fraction of sp³-hybridized carbons (Fsp3) is 0.667. The maximum atomic E-state index is 11.5. The lowest BCUT2D eigenvalue weighted by Gasteiger charge is -2.17. The van der Waals surface area contributed by atoms with Gasteiger partial charge in [0.25, 0.3) is 8.68 Å².